The van der Waals surface area contributed by atoms with Crippen molar-refractivity contribution in [1.29, 1.82) is 0 Å². The quantitative estimate of drug-likeness (QED) is 0.389. The summed E-state index contributed by atoms with van der Waals surface area (Å²) in [6.07, 6.45) is 0. The fourth-order valence-electron chi connectivity index (χ4n) is 2.87. The van der Waals surface area contributed by atoms with Crippen molar-refractivity contribution in [2.75, 3.05) is 0 Å². The van der Waals surface area contributed by atoms with Gasteiger partial charge in [-0.2, -0.15) is 4.79 Å². The van der Waals surface area contributed by atoms with Crippen LogP contribution in [-0.2, 0) is 0 Å². The summed E-state index contributed by atoms with van der Waals surface area (Å²) in [6.45, 7) is 4.69. The van der Waals surface area contributed by atoms with Crippen LogP contribution < -0.4 is 10.4 Å². The summed E-state index contributed by atoms with van der Waals surface area (Å²) >= 11 is 0. The van der Waals surface area contributed by atoms with Gasteiger partial charge in [-0.3, -0.25) is 0 Å². The molecule has 1 aliphatic rings. The van der Waals surface area contributed by atoms with Gasteiger partial charge < -0.3 is 5.53 Å². The minimum atomic E-state index is -1.68. The van der Waals surface area contributed by atoms with E-state index in [1.807, 2.05) is 12.1 Å². The molecule has 3 rings (SSSR count). The molecule has 88 valence electrons. The van der Waals surface area contributed by atoms with Gasteiger partial charge >= 0.3 is 5.71 Å². The summed E-state index contributed by atoms with van der Waals surface area (Å²) in [4.78, 5) is 3.53. The van der Waals surface area contributed by atoms with Crippen LogP contribution >= 0.6 is 0 Å². The van der Waals surface area contributed by atoms with E-state index in [9.17, 15) is 5.53 Å². The zero-order chi connectivity index (χ0) is 12.8. The zero-order valence-corrected chi connectivity index (χ0v) is 11.5. The second-order valence-electron chi connectivity index (χ2n) is 5.16. The highest BCUT2D eigenvalue weighted by atomic mass is 28.3. The molecule has 1 heterocycles. The second-order valence-corrected chi connectivity index (χ2v) is 9.49. The van der Waals surface area contributed by atoms with E-state index in [1.54, 1.807) is 0 Å². The molecule has 18 heavy (non-hydrogen) atoms. The minimum absolute atomic E-state index is 0.702. The van der Waals surface area contributed by atoms with Crippen molar-refractivity contribution in [3.8, 4) is 0 Å². The van der Waals surface area contributed by atoms with Crippen molar-refractivity contribution in [2.45, 2.75) is 13.1 Å². The molecular weight excluding hydrogens is 236 g/mol. The third-order valence-corrected chi connectivity index (χ3v) is 7.38. The number of fused-ring (bicyclic) bond motifs is 2. The van der Waals surface area contributed by atoms with Gasteiger partial charge in [-0.05, 0) is 22.5 Å². The summed E-state index contributed by atoms with van der Waals surface area (Å²) < 4.78 is 0. The fourth-order valence-corrected chi connectivity index (χ4v) is 5.93. The number of benzene rings is 2. The van der Waals surface area contributed by atoms with Crippen LogP contribution in [0.5, 0.6) is 0 Å². The first-order valence-corrected chi connectivity index (χ1v) is 9.08. The van der Waals surface area contributed by atoms with Crippen molar-refractivity contribution >= 4 is 24.2 Å². The van der Waals surface area contributed by atoms with Gasteiger partial charge in [0.25, 0.3) is 0 Å². The van der Waals surface area contributed by atoms with Gasteiger partial charge in [-0.15, -0.1) is 0 Å². The van der Waals surface area contributed by atoms with E-state index >= 15 is 0 Å². The van der Waals surface area contributed by atoms with E-state index in [2.05, 4.69) is 54.3 Å². The molecule has 0 aliphatic carbocycles. The summed E-state index contributed by atoms with van der Waals surface area (Å²) in [6, 6.07) is 16.6. The van der Waals surface area contributed by atoms with Gasteiger partial charge in [-0.25, -0.2) is 0 Å². The van der Waals surface area contributed by atoms with Crippen LogP contribution in [0.15, 0.2) is 48.5 Å². The van der Waals surface area contributed by atoms with Crippen LogP contribution in [0.2, 0.25) is 13.1 Å². The lowest BCUT2D eigenvalue weighted by Gasteiger charge is -2.30. The molecule has 0 saturated carbocycles. The van der Waals surface area contributed by atoms with E-state index in [0.717, 1.165) is 11.1 Å². The third kappa shape index (κ3) is 1.35. The topological polar surface area (TPSA) is 36.4 Å². The Labute approximate surface area is 108 Å². The molecule has 0 saturated heterocycles. The molecule has 0 bridgehead atoms. The molecule has 0 unspecified atom stereocenters. The smallest absolute Gasteiger partial charge is 0.329 e. The highest BCUT2D eigenvalue weighted by molar-refractivity contribution is 7.02. The SMILES string of the molecule is C[Si]1(C)c2ccccc2C(=[N+]=[N-])c2ccccc21. The minimum Gasteiger partial charge on any atom is -0.361 e. The van der Waals surface area contributed by atoms with Gasteiger partial charge in [0, 0.05) is 0 Å². The molecule has 0 N–H and O–H groups in total. The van der Waals surface area contributed by atoms with Crippen molar-refractivity contribution < 1.29 is 4.79 Å². The van der Waals surface area contributed by atoms with Crippen molar-refractivity contribution in [3.63, 3.8) is 0 Å². The predicted molar refractivity (Wildman–Crippen MR) is 76.5 cm³/mol. The average Bonchev–Trinajstić information content (AvgIpc) is 2.40. The number of hydrogen-bond donors (Lipinski definition) is 0. The summed E-state index contributed by atoms with van der Waals surface area (Å²) in [7, 11) is -1.68. The van der Waals surface area contributed by atoms with Crippen LogP contribution in [-0.4, -0.2) is 18.6 Å². The largest absolute Gasteiger partial charge is 0.361 e. The first-order chi connectivity index (χ1) is 8.66. The monoisotopic (exact) mass is 250 g/mol. The molecule has 3 heteroatoms. The Balaban J connectivity index is 2.44. The average molecular weight is 250 g/mol. The lowest BCUT2D eigenvalue weighted by atomic mass is 10.0. The lowest BCUT2D eigenvalue weighted by molar-refractivity contribution is -0.00269. The summed E-state index contributed by atoms with van der Waals surface area (Å²) in [5, 5.41) is 2.69. The van der Waals surface area contributed by atoms with E-state index < -0.39 is 8.07 Å². The maximum absolute atomic E-state index is 9.36. The first kappa shape index (κ1) is 11.1. The summed E-state index contributed by atoms with van der Waals surface area (Å²) in [5.41, 5.74) is 12.2. The Morgan fingerprint density at radius 2 is 1.28 bits per heavy atom. The molecule has 0 atom stereocenters. The molecule has 2 aromatic rings. The number of hydrogen-bond acceptors (Lipinski definition) is 0. The van der Waals surface area contributed by atoms with E-state index in [-0.39, 0.29) is 0 Å². The highest BCUT2D eigenvalue weighted by Gasteiger charge is 2.40. The highest BCUT2D eigenvalue weighted by Crippen LogP contribution is 2.19. The molecule has 0 amide bonds. The third-order valence-electron chi connectivity index (χ3n) is 3.81. The fraction of sp³-hybridized carbons (Fsp3) is 0.133. The molecule has 2 nitrogen and oxygen atoms in total. The zero-order valence-electron chi connectivity index (χ0n) is 10.5. The van der Waals surface area contributed by atoms with E-state index in [0.29, 0.717) is 5.71 Å². The number of rotatable bonds is 0. The molecular formula is C15H14N2Si. The Morgan fingerprint density at radius 1 is 0.833 bits per heavy atom. The van der Waals surface area contributed by atoms with Gasteiger partial charge in [0.2, 0.25) is 0 Å². The van der Waals surface area contributed by atoms with E-state index in [4.69, 9.17) is 0 Å². The molecule has 2 aromatic carbocycles. The van der Waals surface area contributed by atoms with Crippen LogP contribution in [0.4, 0.5) is 0 Å². The Bertz CT molecular complexity index is 631. The lowest BCUT2D eigenvalue weighted by Crippen LogP contribution is -2.59. The molecule has 0 aromatic heterocycles. The molecule has 1 aliphatic heterocycles. The van der Waals surface area contributed by atoms with Gasteiger partial charge in [-0.1, -0.05) is 49.5 Å². The molecule has 0 radical (unpaired) electrons. The van der Waals surface area contributed by atoms with Crippen molar-refractivity contribution in [1.82, 2.24) is 0 Å². The second kappa shape index (κ2) is 3.77. The van der Waals surface area contributed by atoms with Crippen LogP contribution in [0, 0.1) is 0 Å². The standard InChI is InChI=1S/C15H14N2Si/c1-18(2)13-9-5-3-7-11(13)15(17-16)12-8-4-6-10-14(12)18/h3-10H,1-2H3. The van der Waals surface area contributed by atoms with Crippen LogP contribution in [0.1, 0.15) is 11.1 Å². The predicted octanol–water partition coefficient (Wildman–Crippen LogP) is 1.89. The van der Waals surface area contributed by atoms with Crippen LogP contribution in [0.3, 0.4) is 0 Å². The Morgan fingerprint density at radius 3 is 1.72 bits per heavy atom. The van der Waals surface area contributed by atoms with Crippen LogP contribution in [0.25, 0.3) is 5.53 Å². The maximum Gasteiger partial charge on any atom is 0.329 e. The van der Waals surface area contributed by atoms with Gasteiger partial charge in [0.15, 0.2) is 0 Å². The first-order valence-electron chi connectivity index (χ1n) is 6.08. The van der Waals surface area contributed by atoms with Gasteiger partial charge in [0.1, 0.15) is 8.07 Å². The number of nitrogens with zero attached hydrogens (tertiary/aromatic N) is 2. The molecule has 0 fully saturated rings. The van der Waals surface area contributed by atoms with Crippen molar-refractivity contribution in [3.05, 3.63) is 65.2 Å². The summed E-state index contributed by atoms with van der Waals surface area (Å²) in [5.74, 6) is 0. The van der Waals surface area contributed by atoms with Crippen molar-refractivity contribution in [2.24, 2.45) is 0 Å². The van der Waals surface area contributed by atoms with E-state index in [1.165, 1.54) is 10.4 Å². The normalized spacial score (nSPS) is 15.6. The Hall–Kier alpha value is -1.96. The maximum atomic E-state index is 9.36. The van der Waals surface area contributed by atoms with Gasteiger partial charge in [0.05, 0.1) is 11.1 Å². The molecule has 0 spiro atoms. The Kier molecular flexibility index (Phi) is 2.33.